The average molecular weight is 324 g/mol. The van der Waals surface area contributed by atoms with Crippen LogP contribution in [0.2, 0.25) is 0 Å². The van der Waals surface area contributed by atoms with E-state index in [0.29, 0.717) is 39.2 Å². The maximum Gasteiger partial charge on any atom is 0.323 e. The minimum Gasteiger partial charge on any atom is -0.464 e. The van der Waals surface area contributed by atoms with Crippen LogP contribution in [-0.2, 0) is 25.3 Å². The van der Waals surface area contributed by atoms with Crippen molar-refractivity contribution >= 4 is 16.0 Å². The quantitative estimate of drug-likeness (QED) is 0.752. The standard InChI is InChI=1S/C15H20N2O4S/c18-15-14(6-11-21-15)16-7-9-17(10-8-16)22(19,20)12-13-4-2-1-3-5-13/h1-5,14H,6-12H2. The monoisotopic (exact) mass is 324 g/mol. The number of sulfonamides is 1. The molecular weight excluding hydrogens is 304 g/mol. The molecule has 1 atom stereocenters. The van der Waals surface area contributed by atoms with E-state index in [4.69, 9.17) is 4.74 Å². The SMILES string of the molecule is O=C1OCCC1N1CCN(S(=O)(=O)Cc2ccccc2)CC1. The third-order valence-corrected chi connectivity index (χ3v) is 6.06. The van der Waals surface area contributed by atoms with Gasteiger partial charge in [-0.3, -0.25) is 9.69 Å². The number of hydrogen-bond donors (Lipinski definition) is 0. The summed E-state index contributed by atoms with van der Waals surface area (Å²) in [6.07, 6.45) is 0.704. The van der Waals surface area contributed by atoms with Crippen molar-refractivity contribution in [1.29, 1.82) is 0 Å². The summed E-state index contributed by atoms with van der Waals surface area (Å²) >= 11 is 0. The molecule has 3 rings (SSSR count). The zero-order chi connectivity index (χ0) is 15.6. The molecule has 6 nitrogen and oxygen atoms in total. The van der Waals surface area contributed by atoms with Crippen molar-refractivity contribution in [3.05, 3.63) is 35.9 Å². The van der Waals surface area contributed by atoms with Gasteiger partial charge in [-0.05, 0) is 5.56 Å². The van der Waals surface area contributed by atoms with Gasteiger partial charge >= 0.3 is 5.97 Å². The van der Waals surface area contributed by atoms with Crippen molar-refractivity contribution in [1.82, 2.24) is 9.21 Å². The molecule has 2 heterocycles. The first-order chi connectivity index (χ1) is 10.6. The minimum absolute atomic E-state index is 0.0271. The van der Waals surface area contributed by atoms with Crippen molar-refractivity contribution < 1.29 is 17.9 Å². The molecule has 0 radical (unpaired) electrons. The van der Waals surface area contributed by atoms with E-state index in [1.807, 2.05) is 35.2 Å². The first-order valence-electron chi connectivity index (χ1n) is 7.49. The molecule has 22 heavy (non-hydrogen) atoms. The lowest BCUT2D eigenvalue weighted by atomic mass is 10.2. The number of benzene rings is 1. The molecule has 1 aromatic carbocycles. The summed E-state index contributed by atoms with van der Waals surface area (Å²) in [7, 11) is -3.31. The molecule has 0 amide bonds. The van der Waals surface area contributed by atoms with Crippen molar-refractivity contribution in [3.63, 3.8) is 0 Å². The van der Waals surface area contributed by atoms with Crippen LogP contribution in [0.1, 0.15) is 12.0 Å². The number of rotatable bonds is 4. The molecular formula is C15H20N2O4S. The molecule has 0 N–H and O–H groups in total. The van der Waals surface area contributed by atoms with Crippen LogP contribution in [0.3, 0.4) is 0 Å². The topological polar surface area (TPSA) is 66.9 Å². The molecule has 1 unspecified atom stereocenters. The van der Waals surface area contributed by atoms with Crippen molar-refractivity contribution in [2.75, 3.05) is 32.8 Å². The second kappa shape index (κ2) is 6.36. The summed E-state index contributed by atoms with van der Waals surface area (Å²) in [4.78, 5) is 13.6. The predicted molar refractivity (Wildman–Crippen MR) is 81.6 cm³/mol. The zero-order valence-electron chi connectivity index (χ0n) is 12.3. The first kappa shape index (κ1) is 15.5. The Balaban J connectivity index is 1.59. The fraction of sp³-hybridized carbons (Fsp3) is 0.533. The molecule has 2 saturated heterocycles. The summed E-state index contributed by atoms with van der Waals surface area (Å²) in [6, 6.07) is 9.00. The normalized spacial score (nSPS) is 24.4. The molecule has 7 heteroatoms. The van der Waals surface area contributed by atoms with E-state index in [0.717, 1.165) is 5.56 Å². The van der Waals surface area contributed by atoms with Crippen LogP contribution in [0.4, 0.5) is 0 Å². The van der Waals surface area contributed by atoms with Gasteiger partial charge in [0.1, 0.15) is 6.04 Å². The van der Waals surface area contributed by atoms with Gasteiger partial charge < -0.3 is 4.74 Å². The van der Waals surface area contributed by atoms with Gasteiger partial charge in [0.25, 0.3) is 0 Å². The van der Waals surface area contributed by atoms with E-state index < -0.39 is 10.0 Å². The minimum atomic E-state index is -3.31. The number of carbonyl (C=O) groups excluding carboxylic acids is 1. The number of piperazine rings is 1. The van der Waals surface area contributed by atoms with Gasteiger partial charge in [-0.1, -0.05) is 30.3 Å². The summed E-state index contributed by atoms with van der Waals surface area (Å²) in [5.41, 5.74) is 0.796. The smallest absolute Gasteiger partial charge is 0.323 e. The van der Waals surface area contributed by atoms with E-state index in [1.165, 1.54) is 4.31 Å². The lowest BCUT2D eigenvalue weighted by Gasteiger charge is -2.35. The molecule has 2 fully saturated rings. The first-order valence-corrected chi connectivity index (χ1v) is 9.09. The lowest BCUT2D eigenvalue weighted by Crippen LogP contribution is -2.53. The van der Waals surface area contributed by atoms with Crippen LogP contribution >= 0.6 is 0 Å². The Labute approximate surface area is 130 Å². The number of nitrogens with zero attached hydrogens (tertiary/aromatic N) is 2. The number of carbonyl (C=O) groups is 1. The van der Waals surface area contributed by atoms with Crippen LogP contribution in [0.15, 0.2) is 30.3 Å². The van der Waals surface area contributed by atoms with E-state index in [1.54, 1.807) is 0 Å². The van der Waals surface area contributed by atoms with Gasteiger partial charge in [-0.25, -0.2) is 8.42 Å². The van der Waals surface area contributed by atoms with Crippen molar-refractivity contribution in [2.45, 2.75) is 18.2 Å². The predicted octanol–water partition coefficient (Wildman–Crippen LogP) is 0.450. The molecule has 0 bridgehead atoms. The van der Waals surface area contributed by atoms with Crippen LogP contribution in [0.25, 0.3) is 0 Å². The highest BCUT2D eigenvalue weighted by Gasteiger charge is 2.36. The summed E-state index contributed by atoms with van der Waals surface area (Å²) in [5, 5.41) is 0. The highest BCUT2D eigenvalue weighted by molar-refractivity contribution is 7.88. The summed E-state index contributed by atoms with van der Waals surface area (Å²) in [6.45, 7) is 2.48. The fourth-order valence-corrected chi connectivity index (χ4v) is 4.50. The maximum atomic E-state index is 12.5. The summed E-state index contributed by atoms with van der Waals surface area (Å²) in [5.74, 6) is -0.153. The van der Waals surface area contributed by atoms with Gasteiger partial charge in [-0.15, -0.1) is 0 Å². The largest absolute Gasteiger partial charge is 0.464 e. The van der Waals surface area contributed by atoms with E-state index in [-0.39, 0.29) is 17.8 Å². The third-order valence-electron chi connectivity index (χ3n) is 4.21. The Hall–Kier alpha value is -1.44. The molecule has 0 saturated carbocycles. The Bertz CT molecular complexity index is 624. The molecule has 2 aliphatic heterocycles. The average Bonchev–Trinajstić information content (AvgIpc) is 2.94. The van der Waals surface area contributed by atoms with Crippen LogP contribution in [0.5, 0.6) is 0 Å². The number of cyclic esters (lactones) is 1. The molecule has 0 aromatic heterocycles. The van der Waals surface area contributed by atoms with Crippen LogP contribution < -0.4 is 0 Å². The van der Waals surface area contributed by atoms with Crippen LogP contribution in [-0.4, -0.2) is 62.4 Å². The molecule has 0 spiro atoms. The molecule has 2 aliphatic rings. The third kappa shape index (κ3) is 3.31. The van der Waals surface area contributed by atoms with Gasteiger partial charge in [-0.2, -0.15) is 4.31 Å². The zero-order valence-corrected chi connectivity index (χ0v) is 13.2. The fourth-order valence-electron chi connectivity index (χ4n) is 2.99. The Morgan fingerprint density at radius 1 is 1.09 bits per heavy atom. The van der Waals surface area contributed by atoms with E-state index in [2.05, 4.69) is 0 Å². The Kier molecular flexibility index (Phi) is 4.46. The number of esters is 1. The van der Waals surface area contributed by atoms with E-state index in [9.17, 15) is 13.2 Å². The molecule has 1 aromatic rings. The maximum absolute atomic E-state index is 12.5. The van der Waals surface area contributed by atoms with Crippen molar-refractivity contribution in [2.24, 2.45) is 0 Å². The van der Waals surface area contributed by atoms with Gasteiger partial charge in [0, 0.05) is 32.6 Å². The van der Waals surface area contributed by atoms with Crippen LogP contribution in [0, 0.1) is 0 Å². The van der Waals surface area contributed by atoms with Gasteiger partial charge in [0.05, 0.1) is 12.4 Å². The second-order valence-electron chi connectivity index (χ2n) is 5.65. The Morgan fingerprint density at radius 3 is 2.36 bits per heavy atom. The Morgan fingerprint density at radius 2 is 1.77 bits per heavy atom. The molecule has 0 aliphatic carbocycles. The second-order valence-corrected chi connectivity index (χ2v) is 7.62. The number of ether oxygens (including phenoxy) is 1. The van der Waals surface area contributed by atoms with Gasteiger partial charge in [0.15, 0.2) is 0 Å². The highest BCUT2D eigenvalue weighted by Crippen LogP contribution is 2.19. The van der Waals surface area contributed by atoms with Crippen molar-refractivity contribution in [3.8, 4) is 0 Å². The van der Waals surface area contributed by atoms with E-state index >= 15 is 0 Å². The lowest BCUT2D eigenvalue weighted by molar-refractivity contribution is -0.142. The molecule has 120 valence electrons. The number of hydrogen-bond acceptors (Lipinski definition) is 5. The summed E-state index contributed by atoms with van der Waals surface area (Å²) < 4.78 is 31.4. The van der Waals surface area contributed by atoms with Gasteiger partial charge in [0.2, 0.25) is 10.0 Å². The highest BCUT2D eigenvalue weighted by atomic mass is 32.2.